The number of benzene rings is 1. The number of carbonyl (C=O) groups is 1. The molecule has 1 rings (SSSR count). The summed E-state index contributed by atoms with van der Waals surface area (Å²) in [6.45, 7) is 1.31. The number of hydrogen-bond donors (Lipinski definition) is 2. The molecular weight excluding hydrogens is 300 g/mol. The zero-order valence-corrected chi connectivity index (χ0v) is 11.8. The van der Waals surface area contributed by atoms with Gasteiger partial charge in [0.2, 0.25) is 0 Å². The highest BCUT2D eigenvalue weighted by Gasteiger charge is 2.10. The molecule has 7 heteroatoms. The first-order valence-electron chi connectivity index (χ1n) is 5.11. The van der Waals surface area contributed by atoms with Gasteiger partial charge in [-0.05, 0) is 13.0 Å². The molecule has 1 aromatic carbocycles. The Morgan fingerprint density at radius 1 is 1.33 bits per heavy atom. The fourth-order valence-electron chi connectivity index (χ4n) is 1.12. The smallest absolute Gasteiger partial charge is 0.258 e. The lowest BCUT2D eigenvalue weighted by Gasteiger charge is -2.12. The molecule has 1 aromatic rings. The highest BCUT2D eigenvalue weighted by Crippen LogP contribution is 2.33. The average Bonchev–Trinajstić information content (AvgIpc) is 2.32. The topological polar surface area (TPSA) is 58.6 Å². The van der Waals surface area contributed by atoms with E-state index in [-0.39, 0.29) is 35.9 Å². The number of aliphatic hydroxyl groups excluding tert-OH is 1. The van der Waals surface area contributed by atoms with Crippen LogP contribution in [-0.4, -0.2) is 30.3 Å². The Balaban J connectivity index is 2.58. The summed E-state index contributed by atoms with van der Waals surface area (Å²) in [5.74, 6) is -0.0865. The van der Waals surface area contributed by atoms with E-state index in [1.165, 1.54) is 12.1 Å². The van der Waals surface area contributed by atoms with E-state index in [1.807, 2.05) is 0 Å². The summed E-state index contributed by atoms with van der Waals surface area (Å²) in [4.78, 5) is 11.4. The summed E-state index contributed by atoms with van der Waals surface area (Å²) in [5, 5.41) is 12.2. The number of ether oxygens (including phenoxy) is 1. The molecule has 0 aliphatic rings. The molecule has 0 unspecified atom stereocenters. The van der Waals surface area contributed by atoms with Crippen molar-refractivity contribution in [3.8, 4) is 5.75 Å². The highest BCUT2D eigenvalue weighted by atomic mass is 35.5. The summed E-state index contributed by atoms with van der Waals surface area (Å²) in [5.41, 5.74) is 0. The van der Waals surface area contributed by atoms with E-state index < -0.39 is 0 Å². The van der Waals surface area contributed by atoms with E-state index in [1.54, 1.807) is 6.92 Å². The molecule has 0 heterocycles. The Labute approximate surface area is 120 Å². The third-order valence-corrected chi connectivity index (χ3v) is 3.03. The molecule has 0 radical (unpaired) electrons. The molecule has 0 aliphatic carbocycles. The fourth-order valence-corrected chi connectivity index (χ4v) is 1.71. The van der Waals surface area contributed by atoms with Crippen molar-refractivity contribution in [2.45, 2.75) is 13.0 Å². The maximum Gasteiger partial charge on any atom is 0.258 e. The third-order valence-electron chi connectivity index (χ3n) is 2.01. The van der Waals surface area contributed by atoms with Gasteiger partial charge in [-0.1, -0.05) is 34.8 Å². The van der Waals surface area contributed by atoms with Gasteiger partial charge in [-0.2, -0.15) is 0 Å². The zero-order chi connectivity index (χ0) is 13.7. The molecule has 1 atom stereocenters. The van der Waals surface area contributed by atoms with Gasteiger partial charge in [0, 0.05) is 12.1 Å². The number of carbonyl (C=O) groups excluding carboxylic acids is 1. The first kappa shape index (κ1) is 15.4. The molecule has 0 saturated carbocycles. The standard InChI is InChI=1S/C11H12Cl3NO3/c1-6(4-16)15-11(17)5-18-10-3-8(13)7(12)2-9(10)14/h2-3,6,16H,4-5H2,1H3,(H,15,17)/t6-/m1/s1. The second kappa shape index (κ2) is 7.04. The van der Waals surface area contributed by atoms with Gasteiger partial charge in [-0.15, -0.1) is 0 Å². The quantitative estimate of drug-likeness (QED) is 0.821. The summed E-state index contributed by atoms with van der Waals surface area (Å²) in [6, 6.07) is 2.55. The average molecular weight is 313 g/mol. The second-order valence-electron chi connectivity index (χ2n) is 3.64. The third kappa shape index (κ3) is 4.53. The van der Waals surface area contributed by atoms with Crippen LogP contribution in [0.2, 0.25) is 15.1 Å². The number of nitrogens with one attached hydrogen (secondary N) is 1. The largest absolute Gasteiger partial charge is 0.482 e. The van der Waals surface area contributed by atoms with Crippen LogP contribution in [0, 0.1) is 0 Å². The van der Waals surface area contributed by atoms with E-state index in [4.69, 9.17) is 44.6 Å². The van der Waals surface area contributed by atoms with Gasteiger partial charge in [0.05, 0.1) is 21.7 Å². The van der Waals surface area contributed by atoms with Crippen molar-refractivity contribution in [3.63, 3.8) is 0 Å². The van der Waals surface area contributed by atoms with Crippen molar-refractivity contribution in [2.24, 2.45) is 0 Å². The Morgan fingerprint density at radius 3 is 2.56 bits per heavy atom. The predicted octanol–water partition coefficient (Wildman–Crippen LogP) is 2.52. The summed E-state index contributed by atoms with van der Waals surface area (Å²) in [6.07, 6.45) is 0. The molecule has 100 valence electrons. The van der Waals surface area contributed by atoms with Gasteiger partial charge >= 0.3 is 0 Å². The Kier molecular flexibility index (Phi) is 6.02. The van der Waals surface area contributed by atoms with Crippen LogP contribution in [0.5, 0.6) is 5.75 Å². The lowest BCUT2D eigenvalue weighted by molar-refractivity contribution is -0.123. The van der Waals surface area contributed by atoms with Crippen LogP contribution in [-0.2, 0) is 4.79 Å². The van der Waals surface area contributed by atoms with Gasteiger partial charge in [-0.25, -0.2) is 0 Å². The van der Waals surface area contributed by atoms with Crippen LogP contribution in [0.25, 0.3) is 0 Å². The van der Waals surface area contributed by atoms with Crippen molar-refractivity contribution in [1.82, 2.24) is 5.32 Å². The highest BCUT2D eigenvalue weighted by molar-refractivity contribution is 6.43. The van der Waals surface area contributed by atoms with Crippen molar-refractivity contribution in [1.29, 1.82) is 0 Å². The Morgan fingerprint density at radius 2 is 1.94 bits per heavy atom. The lowest BCUT2D eigenvalue weighted by Crippen LogP contribution is -2.38. The Bertz CT molecular complexity index is 440. The number of halogens is 3. The first-order valence-corrected chi connectivity index (χ1v) is 6.25. The maximum atomic E-state index is 11.4. The van der Waals surface area contributed by atoms with E-state index in [0.29, 0.717) is 10.0 Å². The fraction of sp³-hybridized carbons (Fsp3) is 0.364. The minimum atomic E-state index is -0.362. The van der Waals surface area contributed by atoms with Crippen LogP contribution in [0.4, 0.5) is 0 Å². The van der Waals surface area contributed by atoms with E-state index in [0.717, 1.165) is 0 Å². The monoisotopic (exact) mass is 311 g/mol. The van der Waals surface area contributed by atoms with Gasteiger partial charge < -0.3 is 15.2 Å². The molecule has 1 amide bonds. The molecule has 4 nitrogen and oxygen atoms in total. The second-order valence-corrected chi connectivity index (χ2v) is 4.86. The summed E-state index contributed by atoms with van der Waals surface area (Å²) < 4.78 is 5.21. The predicted molar refractivity (Wildman–Crippen MR) is 71.7 cm³/mol. The van der Waals surface area contributed by atoms with Crippen molar-refractivity contribution >= 4 is 40.7 Å². The number of hydrogen-bond acceptors (Lipinski definition) is 3. The van der Waals surface area contributed by atoms with E-state index in [9.17, 15) is 4.79 Å². The van der Waals surface area contributed by atoms with Crippen LogP contribution < -0.4 is 10.1 Å². The molecule has 0 fully saturated rings. The maximum absolute atomic E-state index is 11.4. The molecule has 0 spiro atoms. The molecule has 18 heavy (non-hydrogen) atoms. The van der Waals surface area contributed by atoms with E-state index >= 15 is 0 Å². The van der Waals surface area contributed by atoms with Gasteiger partial charge in [0.15, 0.2) is 6.61 Å². The van der Waals surface area contributed by atoms with Gasteiger partial charge in [0.25, 0.3) is 5.91 Å². The summed E-state index contributed by atoms with van der Waals surface area (Å²) >= 11 is 17.4. The number of aliphatic hydroxyl groups is 1. The van der Waals surface area contributed by atoms with Crippen LogP contribution >= 0.6 is 34.8 Å². The Hall–Kier alpha value is -0.680. The molecule has 0 aromatic heterocycles. The molecule has 0 saturated heterocycles. The first-order chi connectivity index (χ1) is 8.43. The SMILES string of the molecule is C[C@H](CO)NC(=O)COc1cc(Cl)c(Cl)cc1Cl. The molecule has 0 bridgehead atoms. The molecule has 2 N–H and O–H groups in total. The number of amides is 1. The zero-order valence-electron chi connectivity index (χ0n) is 9.54. The lowest BCUT2D eigenvalue weighted by atomic mass is 10.3. The van der Waals surface area contributed by atoms with Gasteiger partial charge in [-0.3, -0.25) is 4.79 Å². The minimum absolute atomic E-state index is 0.140. The van der Waals surface area contributed by atoms with Crippen molar-refractivity contribution < 1.29 is 14.6 Å². The van der Waals surface area contributed by atoms with E-state index in [2.05, 4.69) is 5.32 Å². The molecule has 0 aliphatic heterocycles. The van der Waals surface area contributed by atoms with Crippen molar-refractivity contribution in [3.05, 3.63) is 27.2 Å². The van der Waals surface area contributed by atoms with Crippen molar-refractivity contribution in [2.75, 3.05) is 13.2 Å². The minimum Gasteiger partial charge on any atom is -0.482 e. The summed E-state index contributed by atoms with van der Waals surface area (Å²) in [7, 11) is 0. The van der Waals surface area contributed by atoms with Crippen LogP contribution in [0.3, 0.4) is 0 Å². The van der Waals surface area contributed by atoms with Crippen LogP contribution in [0.1, 0.15) is 6.92 Å². The van der Waals surface area contributed by atoms with Gasteiger partial charge in [0.1, 0.15) is 5.75 Å². The molecular formula is C11H12Cl3NO3. The van der Waals surface area contributed by atoms with Crippen LogP contribution in [0.15, 0.2) is 12.1 Å². The normalized spacial score (nSPS) is 12.1. The number of rotatable bonds is 5.